The number of carbonyl (C=O) groups is 1. The Kier molecular flexibility index (Phi) is 9.03. The second-order valence-corrected chi connectivity index (χ2v) is 7.38. The van der Waals surface area contributed by atoms with Crippen molar-refractivity contribution in [3.63, 3.8) is 0 Å². The average Bonchev–Trinajstić information content (AvgIpc) is 2.68. The Labute approximate surface area is 164 Å². The Hall–Kier alpha value is -2.16. The zero-order chi connectivity index (χ0) is 19.5. The summed E-state index contributed by atoms with van der Waals surface area (Å²) in [6.45, 7) is 4.28. The molecule has 0 aliphatic heterocycles. The highest BCUT2D eigenvalue weighted by atomic mass is 16.4. The first kappa shape index (κ1) is 21.1. The summed E-state index contributed by atoms with van der Waals surface area (Å²) in [7, 11) is 0. The van der Waals surface area contributed by atoms with Crippen LogP contribution in [0.1, 0.15) is 86.3 Å². The normalized spacial score (nSPS) is 10.9. The van der Waals surface area contributed by atoms with Crippen LogP contribution >= 0.6 is 0 Å². The van der Waals surface area contributed by atoms with Crippen molar-refractivity contribution in [2.45, 2.75) is 78.1 Å². The molecule has 146 valence electrons. The van der Waals surface area contributed by atoms with Gasteiger partial charge < -0.3 is 5.11 Å². The molecule has 0 radical (unpaired) electrons. The number of aromatic nitrogens is 1. The minimum Gasteiger partial charge on any atom is -0.478 e. The zero-order valence-electron chi connectivity index (χ0n) is 16.9. The van der Waals surface area contributed by atoms with Gasteiger partial charge in [-0.25, -0.2) is 4.79 Å². The van der Waals surface area contributed by atoms with Crippen LogP contribution in [0.15, 0.2) is 42.6 Å². The van der Waals surface area contributed by atoms with Gasteiger partial charge in [0.2, 0.25) is 5.69 Å². The number of carboxylic acid groups (broad SMARTS) is 1. The second kappa shape index (κ2) is 11.5. The van der Waals surface area contributed by atoms with Gasteiger partial charge in [0, 0.05) is 30.7 Å². The van der Waals surface area contributed by atoms with Crippen molar-refractivity contribution in [2.24, 2.45) is 0 Å². The molecule has 1 N–H and O–H groups in total. The number of para-hydroxylation sites is 1. The Morgan fingerprint density at radius 2 is 1.48 bits per heavy atom. The van der Waals surface area contributed by atoms with E-state index in [1.54, 1.807) is 6.07 Å². The predicted molar refractivity (Wildman–Crippen MR) is 111 cm³/mol. The molecule has 0 unspecified atom stereocenters. The molecule has 1 aromatic heterocycles. The van der Waals surface area contributed by atoms with Crippen molar-refractivity contribution < 1.29 is 14.5 Å². The van der Waals surface area contributed by atoms with Crippen LogP contribution in [0.25, 0.3) is 5.69 Å². The summed E-state index contributed by atoms with van der Waals surface area (Å²) < 4.78 is 2.09. The molecule has 0 fully saturated rings. The molecule has 0 aliphatic carbocycles. The summed E-state index contributed by atoms with van der Waals surface area (Å²) in [5.41, 5.74) is 3.51. The van der Waals surface area contributed by atoms with Crippen molar-refractivity contribution in [1.82, 2.24) is 0 Å². The van der Waals surface area contributed by atoms with Crippen molar-refractivity contribution in [3.05, 3.63) is 59.4 Å². The maximum atomic E-state index is 11.7. The fourth-order valence-electron chi connectivity index (χ4n) is 3.70. The van der Waals surface area contributed by atoms with Gasteiger partial charge in [0.15, 0.2) is 11.9 Å². The zero-order valence-corrected chi connectivity index (χ0v) is 16.9. The predicted octanol–water partition coefficient (Wildman–Crippen LogP) is 6.04. The van der Waals surface area contributed by atoms with Crippen LogP contribution in [0, 0.1) is 6.92 Å². The van der Waals surface area contributed by atoms with Gasteiger partial charge in [-0.1, -0.05) is 76.5 Å². The van der Waals surface area contributed by atoms with E-state index in [0.717, 1.165) is 29.8 Å². The maximum absolute atomic E-state index is 11.7. The molecule has 3 nitrogen and oxygen atoms in total. The lowest BCUT2D eigenvalue weighted by Crippen LogP contribution is -2.36. The third kappa shape index (κ3) is 6.50. The number of hydrogen-bond acceptors (Lipinski definition) is 1. The molecule has 2 rings (SSSR count). The number of pyridine rings is 1. The number of nitrogens with zero attached hydrogens (tertiary/aromatic N) is 1. The fraction of sp³-hybridized carbons (Fsp3) is 0.500. The van der Waals surface area contributed by atoms with Crippen molar-refractivity contribution in [2.75, 3.05) is 0 Å². The summed E-state index contributed by atoms with van der Waals surface area (Å²) in [5.74, 6) is -0.829. The third-order valence-corrected chi connectivity index (χ3v) is 5.31. The molecule has 27 heavy (non-hydrogen) atoms. The van der Waals surface area contributed by atoms with Gasteiger partial charge in [0.05, 0.1) is 5.56 Å². The Morgan fingerprint density at radius 1 is 0.889 bits per heavy atom. The van der Waals surface area contributed by atoms with Crippen LogP contribution < -0.4 is 4.57 Å². The summed E-state index contributed by atoms with van der Waals surface area (Å²) in [6.07, 6.45) is 14.2. The standard InChI is InChI=1S/C24H33NO2/c1-3-4-5-6-7-8-9-10-14-17-22-20(2)25(19-18-23(22)24(26)27)21-15-12-11-13-16-21/h11-13,15-16,18-19H,3-10,14,17H2,1-2H3/p+1. The van der Waals surface area contributed by atoms with E-state index < -0.39 is 5.97 Å². The lowest BCUT2D eigenvalue weighted by molar-refractivity contribution is -0.603. The Morgan fingerprint density at radius 3 is 2.07 bits per heavy atom. The first-order valence-corrected chi connectivity index (χ1v) is 10.5. The molecule has 2 aromatic rings. The molecule has 1 aromatic carbocycles. The van der Waals surface area contributed by atoms with Crippen LogP contribution in [0.3, 0.4) is 0 Å². The summed E-state index contributed by atoms with van der Waals surface area (Å²) >= 11 is 0. The van der Waals surface area contributed by atoms with E-state index in [1.807, 2.05) is 31.3 Å². The number of unbranched alkanes of at least 4 members (excludes halogenated alkanes) is 8. The molecule has 0 spiro atoms. The van der Waals surface area contributed by atoms with Crippen molar-refractivity contribution in [3.8, 4) is 5.69 Å². The SMILES string of the molecule is CCCCCCCCCCCc1c(C(=O)O)cc[n+](-c2ccccc2)c1C. The monoisotopic (exact) mass is 368 g/mol. The molecular weight excluding hydrogens is 334 g/mol. The van der Waals surface area contributed by atoms with E-state index in [4.69, 9.17) is 0 Å². The number of hydrogen-bond donors (Lipinski definition) is 1. The molecule has 0 amide bonds. The average molecular weight is 369 g/mol. The van der Waals surface area contributed by atoms with E-state index in [-0.39, 0.29) is 0 Å². The van der Waals surface area contributed by atoms with Gasteiger partial charge in [-0.15, -0.1) is 0 Å². The van der Waals surface area contributed by atoms with E-state index >= 15 is 0 Å². The molecular formula is C24H34NO2+. The Bertz CT molecular complexity index is 710. The minimum atomic E-state index is -0.829. The first-order valence-electron chi connectivity index (χ1n) is 10.5. The van der Waals surface area contributed by atoms with Crippen LogP contribution in [0.2, 0.25) is 0 Å². The number of benzene rings is 1. The highest BCUT2D eigenvalue weighted by Crippen LogP contribution is 2.18. The summed E-state index contributed by atoms with van der Waals surface area (Å²) in [5, 5.41) is 9.59. The quantitative estimate of drug-likeness (QED) is 0.366. The van der Waals surface area contributed by atoms with Gasteiger partial charge in [-0.2, -0.15) is 4.57 Å². The Balaban J connectivity index is 1.95. The fourth-order valence-corrected chi connectivity index (χ4v) is 3.70. The van der Waals surface area contributed by atoms with E-state index in [1.165, 1.54) is 51.4 Å². The second-order valence-electron chi connectivity index (χ2n) is 7.38. The third-order valence-electron chi connectivity index (χ3n) is 5.31. The van der Waals surface area contributed by atoms with Crippen LogP contribution in [-0.2, 0) is 6.42 Å². The summed E-state index contributed by atoms with van der Waals surface area (Å²) in [6, 6.07) is 11.9. The van der Waals surface area contributed by atoms with Gasteiger partial charge in [0.1, 0.15) is 0 Å². The van der Waals surface area contributed by atoms with Crippen molar-refractivity contribution in [1.29, 1.82) is 0 Å². The topological polar surface area (TPSA) is 41.2 Å². The lowest BCUT2D eigenvalue weighted by Gasteiger charge is -2.09. The number of carboxylic acids is 1. The van der Waals surface area contributed by atoms with Crippen LogP contribution in [0.4, 0.5) is 0 Å². The molecule has 0 saturated heterocycles. The molecule has 0 bridgehead atoms. The van der Waals surface area contributed by atoms with Gasteiger partial charge in [-0.3, -0.25) is 0 Å². The van der Waals surface area contributed by atoms with Crippen LogP contribution in [0.5, 0.6) is 0 Å². The number of aromatic carboxylic acids is 1. The molecule has 0 atom stereocenters. The summed E-state index contributed by atoms with van der Waals surface area (Å²) in [4.78, 5) is 11.7. The van der Waals surface area contributed by atoms with Crippen molar-refractivity contribution >= 4 is 5.97 Å². The molecule has 0 saturated carbocycles. The van der Waals surface area contributed by atoms with Gasteiger partial charge in [-0.05, 0) is 12.8 Å². The minimum absolute atomic E-state index is 0.444. The maximum Gasteiger partial charge on any atom is 0.336 e. The molecule has 0 aliphatic rings. The largest absolute Gasteiger partial charge is 0.478 e. The lowest BCUT2D eigenvalue weighted by atomic mass is 9.98. The van der Waals surface area contributed by atoms with Gasteiger partial charge >= 0.3 is 5.97 Å². The highest BCUT2D eigenvalue weighted by molar-refractivity contribution is 5.89. The van der Waals surface area contributed by atoms with Gasteiger partial charge in [0.25, 0.3) is 0 Å². The highest BCUT2D eigenvalue weighted by Gasteiger charge is 2.21. The van der Waals surface area contributed by atoms with E-state index in [9.17, 15) is 9.90 Å². The number of rotatable bonds is 12. The van der Waals surface area contributed by atoms with E-state index in [0.29, 0.717) is 5.56 Å². The smallest absolute Gasteiger partial charge is 0.336 e. The van der Waals surface area contributed by atoms with E-state index in [2.05, 4.69) is 23.6 Å². The molecule has 3 heteroatoms. The molecule has 1 heterocycles. The first-order chi connectivity index (χ1) is 13.1. The van der Waals surface area contributed by atoms with Crippen LogP contribution in [-0.4, -0.2) is 11.1 Å².